The summed E-state index contributed by atoms with van der Waals surface area (Å²) in [6.07, 6.45) is 2.30. The van der Waals surface area contributed by atoms with Crippen LogP contribution >= 0.6 is 0 Å². The molecule has 1 aromatic carbocycles. The molecule has 0 bridgehead atoms. The second-order valence-corrected chi connectivity index (χ2v) is 4.04. The topological polar surface area (TPSA) is 12.0 Å². The number of aryl methyl sites for hydroxylation is 1. The van der Waals surface area contributed by atoms with Gasteiger partial charge in [0.2, 0.25) is 0 Å². The van der Waals surface area contributed by atoms with Crippen molar-refractivity contribution in [1.82, 2.24) is 5.32 Å². The number of nitrogens with one attached hydrogen (secondary N) is 1. The molecule has 0 spiro atoms. The van der Waals surface area contributed by atoms with Crippen LogP contribution in [-0.4, -0.2) is 13.6 Å². The van der Waals surface area contributed by atoms with Gasteiger partial charge in [-0.25, -0.2) is 0 Å². The predicted molar refractivity (Wildman–Crippen MR) is 62.6 cm³/mol. The first kappa shape index (κ1) is 11.3. The molecule has 1 heteroatoms. The van der Waals surface area contributed by atoms with E-state index < -0.39 is 0 Å². The first-order valence-corrected chi connectivity index (χ1v) is 5.48. The Balaban J connectivity index is 2.50. The molecule has 1 nitrogen and oxygen atoms in total. The minimum absolute atomic E-state index is 0.715. The van der Waals surface area contributed by atoms with Gasteiger partial charge in [0.25, 0.3) is 0 Å². The van der Waals surface area contributed by atoms with Gasteiger partial charge in [-0.2, -0.15) is 0 Å². The quantitative estimate of drug-likeness (QED) is 0.754. The Morgan fingerprint density at radius 2 is 1.71 bits per heavy atom. The summed E-state index contributed by atoms with van der Waals surface area (Å²) in [7, 11) is 2.01. The molecule has 0 radical (unpaired) electrons. The molecule has 0 amide bonds. The van der Waals surface area contributed by atoms with Crippen molar-refractivity contribution in [3.8, 4) is 0 Å². The van der Waals surface area contributed by atoms with Crippen molar-refractivity contribution in [1.29, 1.82) is 0 Å². The summed E-state index contributed by atoms with van der Waals surface area (Å²) in [5, 5.41) is 3.21. The van der Waals surface area contributed by atoms with Crippen LogP contribution in [0.3, 0.4) is 0 Å². The molecule has 1 unspecified atom stereocenters. The molecule has 1 aromatic rings. The van der Waals surface area contributed by atoms with Gasteiger partial charge in [0.1, 0.15) is 0 Å². The molecule has 1 N–H and O–H groups in total. The van der Waals surface area contributed by atoms with E-state index in [9.17, 15) is 0 Å². The average Bonchev–Trinajstić information content (AvgIpc) is 2.19. The third kappa shape index (κ3) is 3.51. The minimum Gasteiger partial charge on any atom is -0.319 e. The molecule has 0 aliphatic rings. The maximum absolute atomic E-state index is 3.21. The third-order valence-corrected chi connectivity index (χ3v) is 2.57. The third-order valence-electron chi connectivity index (χ3n) is 2.57. The molecular weight excluding hydrogens is 170 g/mol. The van der Waals surface area contributed by atoms with E-state index >= 15 is 0 Å². The van der Waals surface area contributed by atoms with E-state index in [2.05, 4.69) is 43.4 Å². The van der Waals surface area contributed by atoms with Gasteiger partial charge < -0.3 is 5.32 Å². The van der Waals surface area contributed by atoms with Crippen molar-refractivity contribution in [2.75, 3.05) is 13.6 Å². The SMILES string of the molecule is CCc1ccc(CC(C)CNC)cc1. The van der Waals surface area contributed by atoms with Gasteiger partial charge in [0.15, 0.2) is 0 Å². The van der Waals surface area contributed by atoms with Crippen LogP contribution in [0.5, 0.6) is 0 Å². The van der Waals surface area contributed by atoms with Crippen molar-refractivity contribution in [2.45, 2.75) is 26.7 Å². The molecule has 1 atom stereocenters. The average molecular weight is 191 g/mol. The Kier molecular flexibility index (Phi) is 4.68. The monoisotopic (exact) mass is 191 g/mol. The Morgan fingerprint density at radius 3 is 2.21 bits per heavy atom. The second-order valence-electron chi connectivity index (χ2n) is 4.04. The second kappa shape index (κ2) is 5.82. The summed E-state index contributed by atoms with van der Waals surface area (Å²) in [5.74, 6) is 0.715. The maximum Gasteiger partial charge on any atom is -0.00230 e. The van der Waals surface area contributed by atoms with Crippen LogP contribution in [-0.2, 0) is 12.8 Å². The fraction of sp³-hybridized carbons (Fsp3) is 0.538. The van der Waals surface area contributed by atoms with Gasteiger partial charge in [0, 0.05) is 0 Å². The van der Waals surface area contributed by atoms with Crippen LogP contribution in [0.1, 0.15) is 25.0 Å². The summed E-state index contributed by atoms with van der Waals surface area (Å²) in [4.78, 5) is 0. The zero-order chi connectivity index (χ0) is 10.4. The fourth-order valence-electron chi connectivity index (χ4n) is 1.73. The molecular formula is C13H21N. The lowest BCUT2D eigenvalue weighted by atomic mass is 10.00. The van der Waals surface area contributed by atoms with Gasteiger partial charge in [-0.3, -0.25) is 0 Å². The van der Waals surface area contributed by atoms with Crippen LogP contribution in [0, 0.1) is 5.92 Å². The highest BCUT2D eigenvalue weighted by Crippen LogP contribution is 2.10. The number of hydrogen-bond acceptors (Lipinski definition) is 1. The largest absolute Gasteiger partial charge is 0.319 e. The lowest BCUT2D eigenvalue weighted by Crippen LogP contribution is -2.17. The summed E-state index contributed by atoms with van der Waals surface area (Å²) >= 11 is 0. The van der Waals surface area contributed by atoms with Crippen LogP contribution in [0.15, 0.2) is 24.3 Å². The van der Waals surface area contributed by atoms with Crippen molar-refractivity contribution < 1.29 is 0 Å². The first-order chi connectivity index (χ1) is 6.76. The molecule has 0 aliphatic heterocycles. The number of hydrogen-bond donors (Lipinski definition) is 1. The van der Waals surface area contributed by atoms with Crippen molar-refractivity contribution in [3.05, 3.63) is 35.4 Å². The van der Waals surface area contributed by atoms with Crippen molar-refractivity contribution in [2.24, 2.45) is 5.92 Å². The van der Waals surface area contributed by atoms with Crippen LogP contribution < -0.4 is 5.32 Å². The molecule has 0 fully saturated rings. The molecule has 0 saturated carbocycles. The van der Waals surface area contributed by atoms with E-state index in [-0.39, 0.29) is 0 Å². The lowest BCUT2D eigenvalue weighted by Gasteiger charge is -2.10. The van der Waals surface area contributed by atoms with Gasteiger partial charge in [-0.15, -0.1) is 0 Å². The van der Waals surface area contributed by atoms with Crippen molar-refractivity contribution in [3.63, 3.8) is 0 Å². The summed E-state index contributed by atoms with van der Waals surface area (Å²) in [6.45, 7) is 5.57. The molecule has 78 valence electrons. The molecule has 0 aromatic heterocycles. The normalized spacial score (nSPS) is 12.8. The standard InChI is InChI=1S/C13H21N/c1-4-12-5-7-13(8-6-12)9-11(2)10-14-3/h5-8,11,14H,4,9-10H2,1-3H3. The highest BCUT2D eigenvalue weighted by Gasteiger charge is 2.01. The Morgan fingerprint density at radius 1 is 1.14 bits per heavy atom. The van der Waals surface area contributed by atoms with Crippen LogP contribution in [0.4, 0.5) is 0 Å². The summed E-state index contributed by atoms with van der Waals surface area (Å²) in [5.41, 5.74) is 2.87. The summed E-state index contributed by atoms with van der Waals surface area (Å²) in [6, 6.07) is 8.98. The first-order valence-electron chi connectivity index (χ1n) is 5.48. The van der Waals surface area contributed by atoms with E-state index in [1.54, 1.807) is 0 Å². The molecule has 0 saturated heterocycles. The highest BCUT2D eigenvalue weighted by atomic mass is 14.8. The highest BCUT2D eigenvalue weighted by molar-refractivity contribution is 5.22. The molecule has 0 heterocycles. The lowest BCUT2D eigenvalue weighted by molar-refractivity contribution is 0.542. The molecule has 1 rings (SSSR count). The Hall–Kier alpha value is -0.820. The maximum atomic E-state index is 3.21. The minimum atomic E-state index is 0.715. The Bertz CT molecular complexity index is 250. The Labute approximate surface area is 87.5 Å². The molecule has 14 heavy (non-hydrogen) atoms. The van der Waals surface area contributed by atoms with Crippen molar-refractivity contribution >= 4 is 0 Å². The predicted octanol–water partition coefficient (Wildman–Crippen LogP) is 2.65. The van der Waals surface area contributed by atoms with E-state index in [1.807, 2.05) is 7.05 Å². The zero-order valence-corrected chi connectivity index (χ0v) is 9.51. The summed E-state index contributed by atoms with van der Waals surface area (Å²) < 4.78 is 0. The van der Waals surface area contributed by atoms with E-state index in [0.29, 0.717) is 5.92 Å². The number of rotatable bonds is 5. The van der Waals surface area contributed by atoms with E-state index in [0.717, 1.165) is 13.0 Å². The van der Waals surface area contributed by atoms with Gasteiger partial charge in [-0.05, 0) is 43.5 Å². The fourth-order valence-corrected chi connectivity index (χ4v) is 1.73. The van der Waals surface area contributed by atoms with Gasteiger partial charge >= 0.3 is 0 Å². The number of benzene rings is 1. The molecule has 0 aliphatic carbocycles. The smallest absolute Gasteiger partial charge is 0.00230 e. The van der Waals surface area contributed by atoms with Gasteiger partial charge in [0.05, 0.1) is 0 Å². The van der Waals surface area contributed by atoms with Crippen LogP contribution in [0.25, 0.3) is 0 Å². The van der Waals surface area contributed by atoms with E-state index in [4.69, 9.17) is 0 Å². The zero-order valence-electron chi connectivity index (χ0n) is 9.51. The van der Waals surface area contributed by atoms with Crippen LogP contribution in [0.2, 0.25) is 0 Å². The van der Waals surface area contributed by atoms with E-state index in [1.165, 1.54) is 17.5 Å². The van der Waals surface area contributed by atoms with Gasteiger partial charge in [-0.1, -0.05) is 38.1 Å².